The molecule has 0 radical (unpaired) electrons. The van der Waals surface area contributed by atoms with E-state index in [2.05, 4.69) is 38.0 Å². The van der Waals surface area contributed by atoms with E-state index < -0.39 is 11.2 Å². The molecule has 0 bridgehead atoms. The zero-order chi connectivity index (χ0) is 17.4. The highest BCUT2D eigenvalue weighted by atomic mass is 79.9. The first kappa shape index (κ1) is 16.6. The summed E-state index contributed by atoms with van der Waals surface area (Å²) in [7, 11) is 3.02. The summed E-state index contributed by atoms with van der Waals surface area (Å²) in [5.74, 6) is 1.05. The highest BCUT2D eigenvalue weighted by Crippen LogP contribution is 2.18. The van der Waals surface area contributed by atoms with Gasteiger partial charge >= 0.3 is 5.69 Å². The maximum atomic E-state index is 12.2. The lowest BCUT2D eigenvalue weighted by Gasteiger charge is -2.07. The minimum atomic E-state index is -0.443. The van der Waals surface area contributed by atoms with Crippen molar-refractivity contribution in [1.29, 1.82) is 0 Å². The Hall–Kier alpha value is -2.23. The predicted octanol–water partition coefficient (Wildman–Crippen LogP) is 0.970. The molecular weight excluding hydrogens is 380 g/mol. The molecule has 0 saturated carbocycles. The van der Waals surface area contributed by atoms with Gasteiger partial charge in [0.1, 0.15) is 6.54 Å². The Morgan fingerprint density at radius 3 is 2.62 bits per heavy atom. The lowest BCUT2D eigenvalue weighted by molar-refractivity contribution is 0.365. The number of imidazole rings is 1. The summed E-state index contributed by atoms with van der Waals surface area (Å²) in [4.78, 5) is 33.0. The number of hydrogen-bond acceptors (Lipinski definition) is 6. The third kappa shape index (κ3) is 2.70. The van der Waals surface area contributed by atoms with Crippen molar-refractivity contribution in [3.8, 4) is 0 Å². The minimum absolute atomic E-state index is 0.206. The Morgan fingerprint density at radius 2 is 1.92 bits per heavy atom. The normalized spacial score (nSPS) is 11.5. The van der Waals surface area contributed by atoms with Crippen LogP contribution in [0.2, 0.25) is 0 Å². The van der Waals surface area contributed by atoms with Gasteiger partial charge in [0, 0.05) is 20.5 Å². The van der Waals surface area contributed by atoms with Crippen LogP contribution in [0.3, 0.4) is 0 Å². The number of aromatic nitrogens is 6. The highest BCUT2D eigenvalue weighted by molar-refractivity contribution is 9.10. The molecule has 0 spiro atoms. The molecule has 9 nitrogen and oxygen atoms in total. The molecule has 0 atom stereocenters. The molecule has 0 aliphatic carbocycles. The average Bonchev–Trinajstić information content (AvgIpc) is 3.14. The second-order valence-electron chi connectivity index (χ2n) is 5.55. The first-order valence-electron chi connectivity index (χ1n) is 7.57. The van der Waals surface area contributed by atoms with Gasteiger partial charge in [-0.3, -0.25) is 18.5 Å². The number of unbranched alkanes of at least 4 members (excludes halogenated alkanes) is 1. The standard InChI is InChI=1S/C14H17BrN6O3/c1-4-5-6-8-16-9(24-18-8)7-21-11-10(17-13(21)15)12(22)20(3)14(23)19(11)2/h4-7H2,1-3H3. The van der Waals surface area contributed by atoms with E-state index >= 15 is 0 Å². The topological polar surface area (TPSA) is 101 Å². The molecule has 0 unspecified atom stereocenters. The van der Waals surface area contributed by atoms with Crippen LogP contribution in [-0.2, 0) is 27.1 Å². The van der Waals surface area contributed by atoms with Crippen LogP contribution in [0.15, 0.2) is 18.8 Å². The number of halogens is 1. The van der Waals surface area contributed by atoms with Gasteiger partial charge in [0.2, 0.25) is 5.89 Å². The number of nitrogens with zero attached hydrogens (tertiary/aromatic N) is 6. The van der Waals surface area contributed by atoms with Gasteiger partial charge in [-0.2, -0.15) is 4.98 Å². The fourth-order valence-electron chi connectivity index (χ4n) is 2.53. The molecule has 0 amide bonds. The van der Waals surface area contributed by atoms with Crippen molar-refractivity contribution in [3.63, 3.8) is 0 Å². The van der Waals surface area contributed by atoms with Crippen molar-refractivity contribution in [2.24, 2.45) is 14.1 Å². The summed E-state index contributed by atoms with van der Waals surface area (Å²) in [6.45, 7) is 2.31. The number of fused-ring (bicyclic) bond motifs is 1. The summed E-state index contributed by atoms with van der Waals surface area (Å²) in [6.07, 6.45) is 2.79. The van der Waals surface area contributed by atoms with E-state index in [1.54, 1.807) is 11.6 Å². The van der Waals surface area contributed by atoms with E-state index in [0.29, 0.717) is 22.1 Å². The zero-order valence-electron chi connectivity index (χ0n) is 13.6. The summed E-state index contributed by atoms with van der Waals surface area (Å²) in [5, 5.41) is 3.95. The highest BCUT2D eigenvalue weighted by Gasteiger charge is 2.19. The summed E-state index contributed by atoms with van der Waals surface area (Å²) < 4.78 is 9.75. The predicted molar refractivity (Wildman–Crippen MR) is 89.9 cm³/mol. The molecule has 3 rings (SSSR count). The lowest BCUT2D eigenvalue weighted by Crippen LogP contribution is -2.37. The van der Waals surface area contributed by atoms with Crippen LogP contribution >= 0.6 is 15.9 Å². The number of hydrogen-bond donors (Lipinski definition) is 0. The van der Waals surface area contributed by atoms with Crippen molar-refractivity contribution in [2.75, 3.05) is 0 Å². The van der Waals surface area contributed by atoms with E-state index in [1.165, 1.54) is 11.6 Å². The number of rotatable bonds is 5. The van der Waals surface area contributed by atoms with E-state index in [4.69, 9.17) is 4.52 Å². The van der Waals surface area contributed by atoms with Crippen molar-refractivity contribution in [2.45, 2.75) is 32.7 Å². The number of aryl methyl sites for hydroxylation is 2. The third-order valence-electron chi connectivity index (χ3n) is 3.85. The SMILES string of the molecule is CCCCc1noc(Cn2c(Br)nc3c(=O)n(C)c(=O)n(C)c32)n1. The molecule has 0 N–H and O–H groups in total. The van der Waals surface area contributed by atoms with Crippen LogP contribution in [-0.4, -0.2) is 28.8 Å². The van der Waals surface area contributed by atoms with Gasteiger partial charge in [0.25, 0.3) is 5.56 Å². The summed E-state index contributed by atoms with van der Waals surface area (Å²) in [6, 6.07) is 0. The Morgan fingerprint density at radius 1 is 1.17 bits per heavy atom. The molecule has 0 aromatic carbocycles. The third-order valence-corrected chi connectivity index (χ3v) is 4.46. The molecule has 0 aliphatic rings. The van der Waals surface area contributed by atoms with E-state index in [9.17, 15) is 9.59 Å². The lowest BCUT2D eigenvalue weighted by atomic mass is 10.2. The largest absolute Gasteiger partial charge is 0.337 e. The Kier molecular flexibility index (Phi) is 4.39. The Labute approximate surface area is 145 Å². The first-order chi connectivity index (χ1) is 11.4. The van der Waals surface area contributed by atoms with Crippen molar-refractivity contribution in [3.05, 3.63) is 37.3 Å². The monoisotopic (exact) mass is 396 g/mol. The molecule has 0 saturated heterocycles. The molecule has 3 heterocycles. The van der Waals surface area contributed by atoms with Gasteiger partial charge in [-0.25, -0.2) is 9.78 Å². The maximum absolute atomic E-state index is 12.2. The molecule has 0 fully saturated rings. The zero-order valence-corrected chi connectivity index (χ0v) is 15.2. The Bertz CT molecular complexity index is 1010. The van der Waals surface area contributed by atoms with Gasteiger partial charge in [-0.05, 0) is 22.4 Å². The van der Waals surface area contributed by atoms with E-state index in [0.717, 1.165) is 23.8 Å². The van der Waals surface area contributed by atoms with Gasteiger partial charge in [0.05, 0.1) is 0 Å². The van der Waals surface area contributed by atoms with Crippen LogP contribution in [0.1, 0.15) is 31.5 Å². The fraction of sp³-hybridized carbons (Fsp3) is 0.500. The molecule has 24 heavy (non-hydrogen) atoms. The second kappa shape index (κ2) is 6.34. The van der Waals surface area contributed by atoms with Gasteiger partial charge < -0.3 is 4.52 Å². The maximum Gasteiger partial charge on any atom is 0.332 e. The Balaban J connectivity index is 2.07. The fourth-order valence-corrected chi connectivity index (χ4v) is 3.00. The first-order valence-corrected chi connectivity index (χ1v) is 8.36. The summed E-state index contributed by atoms with van der Waals surface area (Å²) in [5.41, 5.74) is -0.252. The van der Waals surface area contributed by atoms with Crippen LogP contribution in [0.25, 0.3) is 11.2 Å². The smallest absolute Gasteiger partial charge is 0.332 e. The van der Waals surface area contributed by atoms with Crippen molar-refractivity contribution in [1.82, 2.24) is 28.8 Å². The van der Waals surface area contributed by atoms with Crippen molar-refractivity contribution >= 4 is 27.1 Å². The molecule has 0 aliphatic heterocycles. The summed E-state index contributed by atoms with van der Waals surface area (Å²) >= 11 is 3.33. The average molecular weight is 397 g/mol. The molecule has 3 aromatic heterocycles. The van der Waals surface area contributed by atoms with Gasteiger partial charge in [0.15, 0.2) is 21.7 Å². The van der Waals surface area contributed by atoms with Crippen LogP contribution in [0, 0.1) is 0 Å². The van der Waals surface area contributed by atoms with Crippen LogP contribution in [0.5, 0.6) is 0 Å². The van der Waals surface area contributed by atoms with Gasteiger partial charge in [-0.1, -0.05) is 18.5 Å². The van der Waals surface area contributed by atoms with E-state index in [-0.39, 0.29) is 12.1 Å². The van der Waals surface area contributed by atoms with Gasteiger partial charge in [-0.15, -0.1) is 0 Å². The molecular formula is C14H17BrN6O3. The minimum Gasteiger partial charge on any atom is -0.337 e. The van der Waals surface area contributed by atoms with E-state index in [1.807, 2.05) is 0 Å². The second-order valence-corrected chi connectivity index (χ2v) is 6.26. The molecule has 128 valence electrons. The quantitative estimate of drug-likeness (QED) is 0.595. The van der Waals surface area contributed by atoms with Crippen molar-refractivity contribution < 1.29 is 4.52 Å². The molecule has 10 heteroatoms. The van der Waals surface area contributed by atoms with Crippen LogP contribution < -0.4 is 11.2 Å². The molecule has 3 aromatic rings. The van der Waals surface area contributed by atoms with Crippen LogP contribution in [0.4, 0.5) is 0 Å².